The van der Waals surface area contributed by atoms with Gasteiger partial charge in [0.05, 0.1) is 12.5 Å². The molecular weight excluding hydrogens is 186 g/mol. The first-order valence-electron chi connectivity index (χ1n) is 4.48. The molecule has 2 nitrogen and oxygen atoms in total. The van der Waals surface area contributed by atoms with Crippen LogP contribution in [0.5, 0.6) is 0 Å². The zero-order chi connectivity index (χ0) is 9.68. The quantitative estimate of drug-likeness (QED) is 0.681. The lowest BCUT2D eigenvalue weighted by Crippen LogP contribution is -2.24. The average molecular weight is 202 g/mol. The molecule has 1 atom stereocenters. The number of hydrogen-bond acceptors (Lipinski definition) is 2. The van der Waals surface area contributed by atoms with E-state index < -0.39 is 0 Å². The van der Waals surface area contributed by atoms with E-state index in [4.69, 9.17) is 16.0 Å². The third-order valence-corrected chi connectivity index (χ3v) is 2.45. The summed E-state index contributed by atoms with van der Waals surface area (Å²) in [7, 11) is 2.09. The van der Waals surface area contributed by atoms with Crippen LogP contribution in [0.4, 0.5) is 0 Å². The summed E-state index contributed by atoms with van der Waals surface area (Å²) in [5, 5.41) is 0. The largest absolute Gasteiger partial charge is 0.472 e. The van der Waals surface area contributed by atoms with Gasteiger partial charge in [-0.3, -0.25) is 0 Å². The van der Waals surface area contributed by atoms with Crippen LogP contribution in [0.25, 0.3) is 0 Å². The normalized spacial score (nSPS) is 13.5. The number of furan rings is 1. The topological polar surface area (TPSA) is 16.4 Å². The van der Waals surface area contributed by atoms with Crippen molar-refractivity contribution in [1.82, 2.24) is 4.90 Å². The molecule has 0 fully saturated rings. The standard InChI is InChI=1S/C10H16ClNO/c1-9(5-11)6-12(2)7-10-3-4-13-8-10/h3-4,8-9H,5-7H2,1-2H3. The van der Waals surface area contributed by atoms with Gasteiger partial charge in [0.1, 0.15) is 0 Å². The second-order valence-electron chi connectivity index (χ2n) is 3.59. The maximum absolute atomic E-state index is 5.73. The van der Waals surface area contributed by atoms with Crippen molar-refractivity contribution < 1.29 is 4.42 Å². The van der Waals surface area contributed by atoms with Gasteiger partial charge in [0.2, 0.25) is 0 Å². The molecule has 0 saturated carbocycles. The van der Waals surface area contributed by atoms with E-state index in [2.05, 4.69) is 18.9 Å². The summed E-state index contributed by atoms with van der Waals surface area (Å²) < 4.78 is 4.99. The second-order valence-corrected chi connectivity index (χ2v) is 3.90. The third-order valence-electron chi connectivity index (χ3n) is 1.92. The van der Waals surface area contributed by atoms with Gasteiger partial charge in [-0.1, -0.05) is 6.92 Å². The highest BCUT2D eigenvalue weighted by molar-refractivity contribution is 6.18. The van der Waals surface area contributed by atoms with Crippen molar-refractivity contribution >= 4 is 11.6 Å². The van der Waals surface area contributed by atoms with Crippen molar-refractivity contribution in [3.05, 3.63) is 24.2 Å². The molecule has 1 heterocycles. The molecule has 0 aliphatic heterocycles. The summed E-state index contributed by atoms with van der Waals surface area (Å²) in [6.07, 6.45) is 3.48. The Kier molecular flexibility index (Phi) is 4.33. The SMILES string of the molecule is CC(CCl)CN(C)Cc1ccoc1. The first kappa shape index (κ1) is 10.6. The van der Waals surface area contributed by atoms with Crippen LogP contribution in [-0.2, 0) is 6.54 Å². The van der Waals surface area contributed by atoms with E-state index in [1.807, 2.05) is 6.07 Å². The molecule has 0 radical (unpaired) electrons. The first-order chi connectivity index (χ1) is 6.22. The van der Waals surface area contributed by atoms with Crippen LogP contribution in [0.3, 0.4) is 0 Å². The predicted octanol–water partition coefficient (Wildman–Crippen LogP) is 2.59. The lowest BCUT2D eigenvalue weighted by molar-refractivity contribution is 0.289. The number of nitrogens with zero attached hydrogens (tertiary/aromatic N) is 1. The Bertz CT molecular complexity index is 223. The molecule has 0 amide bonds. The second kappa shape index (κ2) is 5.30. The minimum Gasteiger partial charge on any atom is -0.472 e. The first-order valence-corrected chi connectivity index (χ1v) is 5.01. The average Bonchev–Trinajstić information content (AvgIpc) is 2.56. The molecule has 1 aromatic rings. The van der Waals surface area contributed by atoms with Gasteiger partial charge in [0.15, 0.2) is 0 Å². The Morgan fingerprint density at radius 3 is 2.92 bits per heavy atom. The minimum atomic E-state index is 0.540. The van der Waals surface area contributed by atoms with Gasteiger partial charge < -0.3 is 9.32 Å². The molecule has 74 valence electrons. The number of alkyl halides is 1. The Morgan fingerprint density at radius 2 is 2.38 bits per heavy atom. The van der Waals surface area contributed by atoms with E-state index in [-0.39, 0.29) is 0 Å². The lowest BCUT2D eigenvalue weighted by atomic mass is 10.2. The molecule has 1 rings (SSSR count). The van der Waals surface area contributed by atoms with Gasteiger partial charge in [0.25, 0.3) is 0 Å². The van der Waals surface area contributed by atoms with Crippen molar-refractivity contribution in [3.8, 4) is 0 Å². The molecule has 0 saturated heterocycles. The minimum absolute atomic E-state index is 0.540. The zero-order valence-electron chi connectivity index (χ0n) is 8.16. The molecule has 0 aromatic carbocycles. The predicted molar refractivity (Wildman–Crippen MR) is 54.9 cm³/mol. The summed E-state index contributed by atoms with van der Waals surface area (Å²) in [5.41, 5.74) is 1.21. The van der Waals surface area contributed by atoms with Crippen molar-refractivity contribution in [2.45, 2.75) is 13.5 Å². The summed E-state index contributed by atoms with van der Waals surface area (Å²) in [6.45, 7) is 4.10. The summed E-state index contributed by atoms with van der Waals surface area (Å²) in [6, 6.07) is 1.99. The van der Waals surface area contributed by atoms with E-state index in [0.717, 1.165) is 19.0 Å². The van der Waals surface area contributed by atoms with E-state index >= 15 is 0 Å². The van der Waals surface area contributed by atoms with Crippen LogP contribution in [0.2, 0.25) is 0 Å². The molecule has 0 bridgehead atoms. The van der Waals surface area contributed by atoms with E-state index in [9.17, 15) is 0 Å². The molecule has 1 unspecified atom stereocenters. The van der Waals surface area contributed by atoms with Crippen molar-refractivity contribution in [2.75, 3.05) is 19.5 Å². The van der Waals surface area contributed by atoms with Crippen LogP contribution in [0, 0.1) is 5.92 Å². The van der Waals surface area contributed by atoms with Gasteiger partial charge in [0, 0.05) is 24.5 Å². The zero-order valence-corrected chi connectivity index (χ0v) is 8.92. The van der Waals surface area contributed by atoms with Crippen LogP contribution >= 0.6 is 11.6 Å². The van der Waals surface area contributed by atoms with Gasteiger partial charge >= 0.3 is 0 Å². The van der Waals surface area contributed by atoms with Crippen LogP contribution in [0.15, 0.2) is 23.0 Å². The fourth-order valence-electron chi connectivity index (χ4n) is 1.34. The van der Waals surface area contributed by atoms with E-state index in [1.165, 1.54) is 5.56 Å². The van der Waals surface area contributed by atoms with E-state index in [1.54, 1.807) is 12.5 Å². The Hall–Kier alpha value is -0.470. The summed E-state index contributed by atoms with van der Waals surface area (Å²) in [5.74, 6) is 1.26. The smallest absolute Gasteiger partial charge is 0.0947 e. The van der Waals surface area contributed by atoms with Gasteiger partial charge in [-0.25, -0.2) is 0 Å². The van der Waals surface area contributed by atoms with Crippen molar-refractivity contribution in [2.24, 2.45) is 5.92 Å². The molecule has 13 heavy (non-hydrogen) atoms. The Morgan fingerprint density at radius 1 is 1.62 bits per heavy atom. The Balaban J connectivity index is 2.29. The highest BCUT2D eigenvalue weighted by atomic mass is 35.5. The number of hydrogen-bond donors (Lipinski definition) is 0. The van der Waals surface area contributed by atoms with Crippen LogP contribution < -0.4 is 0 Å². The number of halogens is 1. The van der Waals surface area contributed by atoms with Crippen molar-refractivity contribution in [1.29, 1.82) is 0 Å². The highest BCUT2D eigenvalue weighted by Gasteiger charge is 2.05. The maximum Gasteiger partial charge on any atom is 0.0947 e. The fourth-order valence-corrected chi connectivity index (χ4v) is 1.44. The molecule has 0 spiro atoms. The summed E-state index contributed by atoms with van der Waals surface area (Å²) >= 11 is 5.73. The molecule has 1 aromatic heterocycles. The monoisotopic (exact) mass is 201 g/mol. The van der Waals surface area contributed by atoms with E-state index in [0.29, 0.717) is 5.92 Å². The van der Waals surface area contributed by atoms with Crippen molar-refractivity contribution in [3.63, 3.8) is 0 Å². The maximum atomic E-state index is 5.73. The summed E-state index contributed by atoms with van der Waals surface area (Å²) in [4.78, 5) is 2.25. The van der Waals surface area contributed by atoms with Crippen LogP contribution in [0.1, 0.15) is 12.5 Å². The molecule has 0 N–H and O–H groups in total. The van der Waals surface area contributed by atoms with Gasteiger partial charge in [-0.15, -0.1) is 11.6 Å². The molecule has 0 aliphatic carbocycles. The van der Waals surface area contributed by atoms with Gasteiger partial charge in [-0.05, 0) is 19.0 Å². The molecular formula is C10H16ClNO. The van der Waals surface area contributed by atoms with Gasteiger partial charge in [-0.2, -0.15) is 0 Å². The highest BCUT2D eigenvalue weighted by Crippen LogP contribution is 2.06. The number of rotatable bonds is 5. The third kappa shape index (κ3) is 3.83. The molecule has 3 heteroatoms. The lowest BCUT2D eigenvalue weighted by Gasteiger charge is -2.18. The Labute approximate surface area is 84.5 Å². The fraction of sp³-hybridized carbons (Fsp3) is 0.600. The molecule has 0 aliphatic rings. The van der Waals surface area contributed by atoms with Crippen LogP contribution in [-0.4, -0.2) is 24.4 Å².